The summed E-state index contributed by atoms with van der Waals surface area (Å²) in [5.41, 5.74) is 1.45. The minimum Gasteiger partial charge on any atom is -0.450 e. The van der Waals surface area contributed by atoms with Gasteiger partial charge in [-0.2, -0.15) is 5.10 Å². The Morgan fingerprint density at radius 2 is 2.00 bits per heavy atom. The van der Waals surface area contributed by atoms with Crippen LogP contribution in [0.5, 0.6) is 0 Å². The van der Waals surface area contributed by atoms with Gasteiger partial charge in [0.15, 0.2) is 11.9 Å². The summed E-state index contributed by atoms with van der Waals surface area (Å²) in [4.78, 5) is 24.0. The third kappa shape index (κ3) is 4.57. The standard InChI is InChI=1S/C20H23ClN2O4/c1-14-11-18(15-3-5-16(21)6-4-15)22-23(14)12-19(25)27-20(13-24)9-7-17(26-2)8-10-20/h3-6,11,13,17H,7-10,12H2,1-2H3. The van der Waals surface area contributed by atoms with Crippen LogP contribution in [-0.4, -0.2) is 40.9 Å². The average molecular weight is 391 g/mol. The molecule has 144 valence electrons. The Morgan fingerprint density at radius 1 is 1.33 bits per heavy atom. The van der Waals surface area contributed by atoms with Crippen molar-refractivity contribution in [3.63, 3.8) is 0 Å². The molecule has 0 N–H and O–H groups in total. The molecule has 7 heteroatoms. The molecule has 0 unspecified atom stereocenters. The van der Waals surface area contributed by atoms with E-state index in [2.05, 4.69) is 5.10 Å². The van der Waals surface area contributed by atoms with E-state index < -0.39 is 11.6 Å². The van der Waals surface area contributed by atoms with E-state index >= 15 is 0 Å². The zero-order valence-electron chi connectivity index (χ0n) is 15.5. The molecule has 1 saturated carbocycles. The number of methoxy groups -OCH3 is 1. The van der Waals surface area contributed by atoms with E-state index in [4.69, 9.17) is 21.1 Å². The molecular weight excluding hydrogens is 368 g/mol. The van der Waals surface area contributed by atoms with Gasteiger partial charge in [0.1, 0.15) is 6.54 Å². The number of aromatic nitrogens is 2. The van der Waals surface area contributed by atoms with Crippen LogP contribution in [0.2, 0.25) is 5.02 Å². The molecule has 1 aliphatic carbocycles. The third-order valence-electron chi connectivity index (χ3n) is 5.04. The number of nitrogens with zero attached hydrogens (tertiary/aromatic N) is 2. The summed E-state index contributed by atoms with van der Waals surface area (Å²) in [7, 11) is 1.66. The van der Waals surface area contributed by atoms with Gasteiger partial charge in [0, 0.05) is 23.4 Å². The van der Waals surface area contributed by atoms with E-state index in [0.29, 0.717) is 30.7 Å². The van der Waals surface area contributed by atoms with E-state index in [1.54, 1.807) is 23.9 Å². The van der Waals surface area contributed by atoms with Crippen molar-refractivity contribution in [3.8, 4) is 11.3 Å². The molecule has 1 fully saturated rings. The van der Waals surface area contributed by atoms with Crippen LogP contribution in [0.1, 0.15) is 31.4 Å². The summed E-state index contributed by atoms with van der Waals surface area (Å²) >= 11 is 5.92. The topological polar surface area (TPSA) is 70.4 Å². The van der Waals surface area contributed by atoms with Crippen LogP contribution in [0.15, 0.2) is 30.3 Å². The minimum absolute atomic E-state index is 0.0390. The lowest BCUT2D eigenvalue weighted by molar-refractivity contribution is -0.169. The number of rotatable bonds is 6. The number of carbonyl (C=O) groups is 2. The Kier molecular flexibility index (Phi) is 5.97. The fraction of sp³-hybridized carbons (Fsp3) is 0.450. The molecule has 1 aliphatic rings. The quantitative estimate of drug-likeness (QED) is 0.557. The summed E-state index contributed by atoms with van der Waals surface area (Å²) in [5.74, 6) is -0.466. The van der Waals surface area contributed by atoms with Crippen molar-refractivity contribution in [1.29, 1.82) is 0 Å². The maximum absolute atomic E-state index is 12.4. The van der Waals surface area contributed by atoms with E-state index in [9.17, 15) is 9.59 Å². The van der Waals surface area contributed by atoms with Crippen molar-refractivity contribution in [2.75, 3.05) is 7.11 Å². The highest BCUT2D eigenvalue weighted by Crippen LogP contribution is 2.31. The van der Waals surface area contributed by atoms with Gasteiger partial charge in [-0.25, -0.2) is 0 Å². The van der Waals surface area contributed by atoms with Crippen LogP contribution in [0.4, 0.5) is 0 Å². The molecule has 1 aromatic carbocycles. The molecule has 1 heterocycles. The normalized spacial score (nSPS) is 22.4. The molecule has 0 atom stereocenters. The Morgan fingerprint density at radius 3 is 2.59 bits per heavy atom. The molecule has 0 radical (unpaired) electrons. The first-order valence-electron chi connectivity index (χ1n) is 8.96. The van der Waals surface area contributed by atoms with Gasteiger partial charge in [0.05, 0.1) is 11.8 Å². The Bertz CT molecular complexity index is 808. The lowest BCUT2D eigenvalue weighted by Gasteiger charge is -2.34. The molecule has 6 nitrogen and oxygen atoms in total. The average Bonchev–Trinajstić information content (AvgIpc) is 3.03. The van der Waals surface area contributed by atoms with Crippen LogP contribution in [-0.2, 0) is 25.6 Å². The molecule has 2 aromatic rings. The summed E-state index contributed by atoms with van der Waals surface area (Å²) in [5, 5.41) is 5.13. The van der Waals surface area contributed by atoms with Crippen LogP contribution < -0.4 is 0 Å². The summed E-state index contributed by atoms with van der Waals surface area (Å²) in [6.45, 7) is 1.84. The van der Waals surface area contributed by atoms with Gasteiger partial charge in [-0.15, -0.1) is 0 Å². The van der Waals surface area contributed by atoms with Gasteiger partial charge in [-0.05, 0) is 50.8 Å². The number of ether oxygens (including phenoxy) is 2. The number of carbonyl (C=O) groups excluding carboxylic acids is 2. The maximum atomic E-state index is 12.4. The van der Waals surface area contributed by atoms with Crippen molar-refractivity contribution >= 4 is 23.9 Å². The van der Waals surface area contributed by atoms with E-state index in [1.165, 1.54) is 0 Å². The molecule has 0 aliphatic heterocycles. The predicted molar refractivity (Wildman–Crippen MR) is 102 cm³/mol. The molecule has 0 spiro atoms. The first-order valence-corrected chi connectivity index (χ1v) is 9.34. The highest BCUT2D eigenvalue weighted by atomic mass is 35.5. The summed E-state index contributed by atoms with van der Waals surface area (Å²) in [6.07, 6.45) is 3.23. The highest BCUT2D eigenvalue weighted by Gasteiger charge is 2.39. The second kappa shape index (κ2) is 8.23. The van der Waals surface area contributed by atoms with Crippen LogP contribution in [0.25, 0.3) is 11.3 Å². The zero-order chi connectivity index (χ0) is 19.4. The molecule has 3 rings (SSSR count). The summed E-state index contributed by atoms with van der Waals surface area (Å²) < 4.78 is 12.5. The first-order chi connectivity index (χ1) is 12.9. The van der Waals surface area contributed by atoms with Crippen molar-refractivity contribution < 1.29 is 19.1 Å². The number of benzene rings is 1. The van der Waals surface area contributed by atoms with Gasteiger partial charge in [0.2, 0.25) is 0 Å². The number of hydrogen-bond donors (Lipinski definition) is 0. The van der Waals surface area contributed by atoms with Gasteiger partial charge in [0.25, 0.3) is 0 Å². The van der Waals surface area contributed by atoms with Crippen molar-refractivity contribution in [2.24, 2.45) is 0 Å². The SMILES string of the molecule is COC1CCC(C=O)(OC(=O)Cn2nc(-c3ccc(Cl)cc3)cc2C)CC1. The summed E-state index contributed by atoms with van der Waals surface area (Å²) in [6, 6.07) is 9.24. The van der Waals surface area contributed by atoms with E-state index in [0.717, 1.165) is 23.2 Å². The molecule has 0 saturated heterocycles. The number of aldehydes is 1. The van der Waals surface area contributed by atoms with E-state index in [1.807, 2.05) is 25.1 Å². The van der Waals surface area contributed by atoms with E-state index in [-0.39, 0.29) is 12.6 Å². The third-order valence-corrected chi connectivity index (χ3v) is 5.30. The lowest BCUT2D eigenvalue weighted by Crippen LogP contribution is -2.43. The Hall–Kier alpha value is -2.18. The molecule has 0 bridgehead atoms. The maximum Gasteiger partial charge on any atom is 0.328 e. The molecule has 1 aromatic heterocycles. The molecule has 0 amide bonds. The Labute approximate surface area is 163 Å². The number of hydrogen-bond acceptors (Lipinski definition) is 5. The van der Waals surface area contributed by atoms with Gasteiger partial charge < -0.3 is 9.47 Å². The second-order valence-corrected chi connectivity index (χ2v) is 7.36. The zero-order valence-corrected chi connectivity index (χ0v) is 16.2. The van der Waals surface area contributed by atoms with Crippen LogP contribution in [0, 0.1) is 6.92 Å². The highest BCUT2D eigenvalue weighted by molar-refractivity contribution is 6.30. The largest absolute Gasteiger partial charge is 0.450 e. The number of aryl methyl sites for hydroxylation is 1. The van der Waals surface area contributed by atoms with Crippen molar-refractivity contribution in [2.45, 2.75) is 50.9 Å². The minimum atomic E-state index is -1.05. The fourth-order valence-corrected chi connectivity index (χ4v) is 3.50. The van der Waals surface area contributed by atoms with Gasteiger partial charge >= 0.3 is 5.97 Å². The molecule has 27 heavy (non-hydrogen) atoms. The Balaban J connectivity index is 1.67. The predicted octanol–water partition coefficient (Wildman–Crippen LogP) is 3.58. The van der Waals surface area contributed by atoms with Crippen LogP contribution >= 0.6 is 11.6 Å². The first kappa shape index (κ1) is 19.6. The second-order valence-electron chi connectivity index (χ2n) is 6.93. The van der Waals surface area contributed by atoms with Crippen LogP contribution in [0.3, 0.4) is 0 Å². The van der Waals surface area contributed by atoms with Crippen molar-refractivity contribution in [3.05, 3.63) is 41.0 Å². The van der Waals surface area contributed by atoms with Gasteiger partial charge in [-0.3, -0.25) is 14.3 Å². The monoisotopic (exact) mass is 390 g/mol. The molecular formula is C20H23ClN2O4. The lowest BCUT2D eigenvalue weighted by atomic mass is 9.84. The fourth-order valence-electron chi connectivity index (χ4n) is 3.37. The van der Waals surface area contributed by atoms with Crippen molar-refractivity contribution in [1.82, 2.24) is 9.78 Å². The smallest absolute Gasteiger partial charge is 0.328 e. The number of esters is 1. The van der Waals surface area contributed by atoms with Gasteiger partial charge in [-0.1, -0.05) is 23.7 Å². The number of halogens is 1.